The van der Waals surface area contributed by atoms with Gasteiger partial charge in [-0.15, -0.1) is 0 Å². The van der Waals surface area contributed by atoms with Gasteiger partial charge in [0.25, 0.3) is 0 Å². The Bertz CT molecular complexity index is 440. The first kappa shape index (κ1) is 14.3. The lowest BCUT2D eigenvalue weighted by molar-refractivity contribution is -0.143. The molecule has 0 unspecified atom stereocenters. The zero-order chi connectivity index (χ0) is 14.1. The predicted molar refractivity (Wildman–Crippen MR) is 53.1 cm³/mol. The van der Waals surface area contributed by atoms with Crippen molar-refractivity contribution in [2.24, 2.45) is 10.7 Å². The molecule has 0 fully saturated rings. The van der Waals surface area contributed by atoms with E-state index in [0.29, 0.717) is 12.1 Å². The number of amidine groups is 1. The molecule has 0 saturated heterocycles. The monoisotopic (exact) mass is 270 g/mol. The standard InChI is InChI=1S/C10H8F6N2/c1-18-8(17)5-2-6(9(11,12)13)4-7(3-5)10(14,15)16/h2-4H,1H3,(H2,17,18). The molecule has 0 aromatic heterocycles. The average molecular weight is 270 g/mol. The molecule has 8 heteroatoms. The summed E-state index contributed by atoms with van der Waals surface area (Å²) in [7, 11) is 1.17. The van der Waals surface area contributed by atoms with Gasteiger partial charge in [0.1, 0.15) is 5.84 Å². The highest BCUT2D eigenvalue weighted by Gasteiger charge is 2.37. The molecule has 0 aliphatic rings. The molecule has 100 valence electrons. The van der Waals surface area contributed by atoms with Crippen LogP contribution >= 0.6 is 0 Å². The van der Waals surface area contributed by atoms with Crippen molar-refractivity contribution in [3.05, 3.63) is 34.9 Å². The van der Waals surface area contributed by atoms with Gasteiger partial charge in [0.15, 0.2) is 0 Å². The molecule has 0 aliphatic heterocycles. The van der Waals surface area contributed by atoms with Crippen LogP contribution in [0.25, 0.3) is 0 Å². The highest BCUT2D eigenvalue weighted by Crippen LogP contribution is 2.36. The molecule has 1 rings (SSSR count). The number of aliphatic imine (C=N–C) groups is 1. The SMILES string of the molecule is C/N=C(\N)c1cc(C(F)(F)F)cc(C(F)(F)F)c1. The molecule has 0 heterocycles. The molecule has 0 atom stereocenters. The highest BCUT2D eigenvalue weighted by atomic mass is 19.4. The van der Waals surface area contributed by atoms with Crippen LogP contribution in [0.4, 0.5) is 26.3 Å². The fourth-order valence-corrected chi connectivity index (χ4v) is 1.23. The Kier molecular flexibility index (Phi) is 3.59. The second-order valence-electron chi connectivity index (χ2n) is 3.40. The van der Waals surface area contributed by atoms with Gasteiger partial charge in [0, 0.05) is 12.6 Å². The fraction of sp³-hybridized carbons (Fsp3) is 0.300. The predicted octanol–water partition coefficient (Wildman–Crippen LogP) is 3.06. The van der Waals surface area contributed by atoms with Crippen molar-refractivity contribution in [2.75, 3.05) is 7.05 Å². The van der Waals surface area contributed by atoms with Crippen LogP contribution < -0.4 is 5.73 Å². The topological polar surface area (TPSA) is 38.4 Å². The highest BCUT2D eigenvalue weighted by molar-refractivity contribution is 5.97. The molecule has 0 bridgehead atoms. The van der Waals surface area contributed by atoms with E-state index in [0.717, 1.165) is 0 Å². The smallest absolute Gasteiger partial charge is 0.384 e. The lowest BCUT2D eigenvalue weighted by atomic mass is 10.0. The van der Waals surface area contributed by atoms with E-state index in [-0.39, 0.29) is 6.07 Å². The summed E-state index contributed by atoms with van der Waals surface area (Å²) in [4.78, 5) is 3.36. The second-order valence-corrected chi connectivity index (χ2v) is 3.40. The van der Waals surface area contributed by atoms with Gasteiger partial charge in [-0.25, -0.2) is 0 Å². The number of nitrogens with two attached hydrogens (primary N) is 1. The molecule has 2 N–H and O–H groups in total. The molecule has 0 radical (unpaired) electrons. The van der Waals surface area contributed by atoms with Crippen molar-refractivity contribution in [1.82, 2.24) is 0 Å². The maximum atomic E-state index is 12.5. The summed E-state index contributed by atoms with van der Waals surface area (Å²) in [5.74, 6) is -0.397. The first-order valence-corrected chi connectivity index (χ1v) is 4.58. The van der Waals surface area contributed by atoms with E-state index in [4.69, 9.17) is 5.73 Å². The molecular weight excluding hydrogens is 262 g/mol. The maximum Gasteiger partial charge on any atom is 0.416 e. The van der Waals surface area contributed by atoms with Crippen LogP contribution in [0.3, 0.4) is 0 Å². The average Bonchev–Trinajstić information content (AvgIpc) is 2.25. The lowest BCUT2D eigenvalue weighted by Crippen LogP contribution is -2.18. The van der Waals surface area contributed by atoms with Crippen LogP contribution in [-0.4, -0.2) is 12.9 Å². The summed E-state index contributed by atoms with van der Waals surface area (Å²) >= 11 is 0. The van der Waals surface area contributed by atoms with Crippen LogP contribution in [0.5, 0.6) is 0 Å². The summed E-state index contributed by atoms with van der Waals surface area (Å²) in [5, 5.41) is 0. The number of nitrogens with zero attached hydrogens (tertiary/aromatic N) is 1. The summed E-state index contributed by atoms with van der Waals surface area (Å²) in [6, 6.07) is 1.08. The second kappa shape index (κ2) is 4.51. The number of alkyl halides is 6. The van der Waals surface area contributed by atoms with Crippen LogP contribution in [0.1, 0.15) is 16.7 Å². The van der Waals surface area contributed by atoms with E-state index in [1.54, 1.807) is 0 Å². The summed E-state index contributed by atoms with van der Waals surface area (Å²) in [6.45, 7) is 0. The minimum absolute atomic E-state index is 0.0342. The summed E-state index contributed by atoms with van der Waals surface area (Å²) in [6.07, 6.45) is -9.77. The molecule has 18 heavy (non-hydrogen) atoms. The van der Waals surface area contributed by atoms with Gasteiger partial charge in [-0.3, -0.25) is 4.99 Å². The third-order valence-electron chi connectivity index (χ3n) is 2.12. The minimum Gasteiger partial charge on any atom is -0.384 e. The van der Waals surface area contributed by atoms with Crippen LogP contribution in [0, 0.1) is 0 Å². The summed E-state index contributed by atoms with van der Waals surface area (Å²) < 4.78 is 74.7. The number of benzene rings is 1. The van der Waals surface area contributed by atoms with E-state index in [1.807, 2.05) is 0 Å². The summed E-state index contributed by atoms with van der Waals surface area (Å²) in [5.41, 5.74) is 1.98. The van der Waals surface area contributed by atoms with Crippen molar-refractivity contribution in [3.8, 4) is 0 Å². The zero-order valence-corrected chi connectivity index (χ0v) is 9.02. The molecular formula is C10H8F6N2. The quantitative estimate of drug-likeness (QED) is 0.475. The first-order valence-electron chi connectivity index (χ1n) is 4.58. The largest absolute Gasteiger partial charge is 0.416 e. The van der Waals surface area contributed by atoms with E-state index in [1.165, 1.54) is 7.05 Å². The zero-order valence-electron chi connectivity index (χ0n) is 9.02. The Hall–Kier alpha value is -1.73. The first-order chi connectivity index (χ1) is 8.05. The number of halogens is 6. The van der Waals surface area contributed by atoms with Gasteiger partial charge in [0.05, 0.1) is 11.1 Å². The number of hydrogen-bond donors (Lipinski definition) is 1. The van der Waals surface area contributed by atoms with Crippen molar-refractivity contribution < 1.29 is 26.3 Å². The molecule has 1 aromatic carbocycles. The third kappa shape index (κ3) is 3.14. The fourth-order valence-electron chi connectivity index (χ4n) is 1.23. The van der Waals surface area contributed by atoms with Crippen molar-refractivity contribution >= 4 is 5.84 Å². The van der Waals surface area contributed by atoms with E-state index in [9.17, 15) is 26.3 Å². The van der Waals surface area contributed by atoms with Crippen molar-refractivity contribution in [2.45, 2.75) is 12.4 Å². The Labute approximate surface area is 98.1 Å². The van der Waals surface area contributed by atoms with Crippen LogP contribution in [0.15, 0.2) is 23.2 Å². The van der Waals surface area contributed by atoms with E-state index in [2.05, 4.69) is 4.99 Å². The van der Waals surface area contributed by atoms with Gasteiger partial charge in [-0.2, -0.15) is 26.3 Å². The van der Waals surface area contributed by atoms with E-state index < -0.39 is 34.9 Å². The van der Waals surface area contributed by atoms with Gasteiger partial charge in [0.2, 0.25) is 0 Å². The number of rotatable bonds is 1. The van der Waals surface area contributed by atoms with Gasteiger partial charge in [-0.1, -0.05) is 0 Å². The van der Waals surface area contributed by atoms with Gasteiger partial charge in [-0.05, 0) is 18.2 Å². The third-order valence-corrected chi connectivity index (χ3v) is 2.12. The number of hydrogen-bond acceptors (Lipinski definition) is 1. The Morgan fingerprint density at radius 2 is 1.33 bits per heavy atom. The van der Waals surface area contributed by atoms with Gasteiger partial charge >= 0.3 is 12.4 Å². The minimum atomic E-state index is -4.88. The van der Waals surface area contributed by atoms with Gasteiger partial charge < -0.3 is 5.73 Å². The molecule has 1 aromatic rings. The normalized spacial score (nSPS) is 13.8. The molecule has 0 spiro atoms. The van der Waals surface area contributed by atoms with Crippen molar-refractivity contribution in [1.29, 1.82) is 0 Å². The van der Waals surface area contributed by atoms with E-state index >= 15 is 0 Å². The molecule has 0 aliphatic carbocycles. The molecule has 2 nitrogen and oxygen atoms in total. The maximum absolute atomic E-state index is 12.5. The van der Waals surface area contributed by atoms with Crippen LogP contribution in [-0.2, 0) is 12.4 Å². The van der Waals surface area contributed by atoms with Crippen molar-refractivity contribution in [3.63, 3.8) is 0 Å². The Morgan fingerprint density at radius 1 is 0.944 bits per heavy atom. The molecule has 0 amide bonds. The Morgan fingerprint density at radius 3 is 1.61 bits per heavy atom. The van der Waals surface area contributed by atoms with Crippen LogP contribution in [0.2, 0.25) is 0 Å². The lowest BCUT2D eigenvalue weighted by Gasteiger charge is -2.13. The molecule has 0 saturated carbocycles. The Balaban J connectivity index is 3.49.